The van der Waals surface area contributed by atoms with Crippen LogP contribution in [0.4, 0.5) is 5.69 Å². The van der Waals surface area contributed by atoms with E-state index < -0.39 is 22.5 Å². The normalized spacial score (nSPS) is 11.4. The molecule has 0 saturated heterocycles. The largest absolute Gasteiger partial charge is 0.494 e. The highest BCUT2D eigenvalue weighted by Crippen LogP contribution is 2.25. The number of rotatable bonds is 9. The highest BCUT2D eigenvalue weighted by molar-refractivity contribution is 7.92. The van der Waals surface area contributed by atoms with Gasteiger partial charge in [0.15, 0.2) is 0 Å². The summed E-state index contributed by atoms with van der Waals surface area (Å²) in [6, 6.07) is 20.7. The number of carbonyl (C=O) groups excluding carboxylic acids is 1. The zero-order valence-electron chi connectivity index (χ0n) is 18.9. The van der Waals surface area contributed by atoms with Crippen LogP contribution >= 0.6 is 0 Å². The standard InChI is InChI=1S/C25H27N3O4S/c1-4-32-23-13-15-24(16-14-23)33(30,31)28(22-11-7-20(3)8-12-22)18-25(29)27-26-17-21-9-5-19(2)6-10-21/h5-17H,4,18H2,1-3H3,(H,27,29)/b26-17-. The average molecular weight is 466 g/mol. The first-order valence-electron chi connectivity index (χ1n) is 10.5. The van der Waals surface area contributed by atoms with Gasteiger partial charge >= 0.3 is 0 Å². The molecule has 3 aromatic carbocycles. The number of anilines is 1. The number of hydrogen-bond donors (Lipinski definition) is 1. The molecule has 0 radical (unpaired) electrons. The van der Waals surface area contributed by atoms with Gasteiger partial charge in [-0.3, -0.25) is 9.10 Å². The summed E-state index contributed by atoms with van der Waals surface area (Å²) in [5.41, 5.74) is 5.70. The lowest BCUT2D eigenvalue weighted by atomic mass is 10.2. The summed E-state index contributed by atoms with van der Waals surface area (Å²) in [5.74, 6) is 0.00923. The van der Waals surface area contributed by atoms with Gasteiger partial charge in [0.05, 0.1) is 23.4 Å². The first-order valence-corrected chi connectivity index (χ1v) is 11.9. The van der Waals surface area contributed by atoms with Crippen molar-refractivity contribution in [1.29, 1.82) is 0 Å². The predicted octanol–water partition coefficient (Wildman–Crippen LogP) is 4.05. The smallest absolute Gasteiger partial charge is 0.264 e. The molecule has 3 rings (SSSR count). The first-order chi connectivity index (χ1) is 15.8. The Hall–Kier alpha value is -3.65. The molecule has 0 unspecified atom stereocenters. The van der Waals surface area contributed by atoms with Gasteiger partial charge in [-0.25, -0.2) is 13.8 Å². The number of carbonyl (C=O) groups is 1. The van der Waals surface area contributed by atoms with E-state index in [0.717, 1.165) is 21.0 Å². The third-order valence-electron chi connectivity index (χ3n) is 4.81. The lowest BCUT2D eigenvalue weighted by molar-refractivity contribution is -0.119. The van der Waals surface area contributed by atoms with Gasteiger partial charge in [0.25, 0.3) is 15.9 Å². The number of sulfonamides is 1. The molecule has 0 saturated carbocycles. The molecular weight excluding hydrogens is 438 g/mol. The van der Waals surface area contributed by atoms with Crippen molar-refractivity contribution in [3.05, 3.63) is 89.5 Å². The number of aryl methyl sites for hydroxylation is 2. The predicted molar refractivity (Wildman–Crippen MR) is 130 cm³/mol. The van der Waals surface area contributed by atoms with Crippen molar-refractivity contribution in [3.63, 3.8) is 0 Å². The topological polar surface area (TPSA) is 88.1 Å². The molecule has 0 bridgehead atoms. The molecule has 1 amide bonds. The van der Waals surface area contributed by atoms with Crippen molar-refractivity contribution in [3.8, 4) is 5.75 Å². The molecule has 0 heterocycles. The van der Waals surface area contributed by atoms with Crippen LogP contribution in [0.2, 0.25) is 0 Å². The minimum atomic E-state index is -4.01. The van der Waals surface area contributed by atoms with E-state index in [-0.39, 0.29) is 4.90 Å². The number of amides is 1. The summed E-state index contributed by atoms with van der Waals surface area (Å²) in [4.78, 5) is 12.7. The molecule has 3 aromatic rings. The van der Waals surface area contributed by atoms with Gasteiger partial charge in [-0.1, -0.05) is 47.5 Å². The Morgan fingerprint density at radius 2 is 1.52 bits per heavy atom. The van der Waals surface area contributed by atoms with Crippen molar-refractivity contribution >= 4 is 27.8 Å². The number of nitrogens with zero attached hydrogens (tertiary/aromatic N) is 2. The van der Waals surface area contributed by atoms with Crippen LogP contribution in [0, 0.1) is 13.8 Å². The monoisotopic (exact) mass is 465 g/mol. The maximum Gasteiger partial charge on any atom is 0.264 e. The fraction of sp³-hybridized carbons (Fsp3) is 0.200. The molecular formula is C25H27N3O4S. The van der Waals surface area contributed by atoms with Crippen LogP contribution < -0.4 is 14.5 Å². The highest BCUT2D eigenvalue weighted by atomic mass is 32.2. The molecule has 0 spiro atoms. The summed E-state index contributed by atoms with van der Waals surface area (Å²) in [6.45, 7) is 5.78. The summed E-state index contributed by atoms with van der Waals surface area (Å²) >= 11 is 0. The third-order valence-corrected chi connectivity index (χ3v) is 6.60. The lowest BCUT2D eigenvalue weighted by Gasteiger charge is -2.24. The Morgan fingerprint density at radius 1 is 0.939 bits per heavy atom. The zero-order chi connectivity index (χ0) is 23.8. The highest BCUT2D eigenvalue weighted by Gasteiger charge is 2.27. The molecule has 0 aliphatic rings. The maximum absolute atomic E-state index is 13.4. The maximum atomic E-state index is 13.4. The molecule has 0 aliphatic heterocycles. The lowest BCUT2D eigenvalue weighted by Crippen LogP contribution is -2.39. The van der Waals surface area contributed by atoms with E-state index in [1.165, 1.54) is 18.3 Å². The summed E-state index contributed by atoms with van der Waals surface area (Å²) < 4.78 is 33.3. The second-order valence-electron chi connectivity index (χ2n) is 7.46. The molecule has 1 N–H and O–H groups in total. The van der Waals surface area contributed by atoms with Crippen LogP contribution in [0.25, 0.3) is 0 Å². The fourth-order valence-corrected chi connectivity index (χ4v) is 4.45. The van der Waals surface area contributed by atoms with Gasteiger partial charge in [0.1, 0.15) is 12.3 Å². The second kappa shape index (κ2) is 10.8. The molecule has 0 aromatic heterocycles. The first kappa shape index (κ1) is 24.0. The number of ether oxygens (including phenoxy) is 1. The molecule has 172 valence electrons. The quantitative estimate of drug-likeness (QED) is 0.381. The van der Waals surface area contributed by atoms with Crippen LogP contribution in [0.5, 0.6) is 5.75 Å². The third kappa shape index (κ3) is 6.43. The van der Waals surface area contributed by atoms with Crippen molar-refractivity contribution in [2.75, 3.05) is 17.5 Å². The number of hydrazone groups is 1. The summed E-state index contributed by atoms with van der Waals surface area (Å²) in [6.07, 6.45) is 1.51. The average Bonchev–Trinajstić information content (AvgIpc) is 2.80. The molecule has 0 fully saturated rings. The molecule has 0 atom stereocenters. The van der Waals surface area contributed by atoms with Crippen LogP contribution in [0.3, 0.4) is 0 Å². The van der Waals surface area contributed by atoms with Crippen LogP contribution in [-0.4, -0.2) is 33.7 Å². The fourth-order valence-electron chi connectivity index (χ4n) is 3.02. The van der Waals surface area contributed by atoms with Crippen molar-refractivity contribution in [2.45, 2.75) is 25.7 Å². The van der Waals surface area contributed by atoms with Crippen LogP contribution in [-0.2, 0) is 14.8 Å². The Kier molecular flexibility index (Phi) is 7.84. The zero-order valence-corrected chi connectivity index (χ0v) is 19.7. The van der Waals surface area contributed by atoms with E-state index in [4.69, 9.17) is 4.74 Å². The van der Waals surface area contributed by atoms with E-state index in [1.54, 1.807) is 36.4 Å². The molecule has 0 aliphatic carbocycles. The van der Waals surface area contributed by atoms with Crippen LogP contribution in [0.15, 0.2) is 82.8 Å². The Balaban J connectivity index is 1.82. The Morgan fingerprint density at radius 3 is 2.09 bits per heavy atom. The number of hydrogen-bond acceptors (Lipinski definition) is 5. The van der Waals surface area contributed by atoms with E-state index in [9.17, 15) is 13.2 Å². The van der Waals surface area contributed by atoms with Gasteiger partial charge in [0, 0.05) is 0 Å². The molecule has 33 heavy (non-hydrogen) atoms. The van der Waals surface area contributed by atoms with Gasteiger partial charge < -0.3 is 4.74 Å². The number of nitrogens with one attached hydrogen (secondary N) is 1. The van der Waals surface area contributed by atoms with E-state index in [0.29, 0.717) is 18.0 Å². The van der Waals surface area contributed by atoms with Gasteiger partial charge in [-0.15, -0.1) is 0 Å². The van der Waals surface area contributed by atoms with Crippen LogP contribution in [0.1, 0.15) is 23.6 Å². The minimum Gasteiger partial charge on any atom is -0.494 e. The van der Waals surface area contributed by atoms with Gasteiger partial charge in [-0.05, 0) is 62.7 Å². The van der Waals surface area contributed by atoms with E-state index >= 15 is 0 Å². The molecule has 7 nitrogen and oxygen atoms in total. The van der Waals surface area contributed by atoms with Gasteiger partial charge in [-0.2, -0.15) is 5.10 Å². The Bertz CT molecular complexity index is 1200. The van der Waals surface area contributed by atoms with Crippen molar-refractivity contribution < 1.29 is 17.9 Å². The number of benzene rings is 3. The van der Waals surface area contributed by atoms with Crippen molar-refractivity contribution in [1.82, 2.24) is 5.43 Å². The summed E-state index contributed by atoms with van der Waals surface area (Å²) in [5, 5.41) is 3.96. The van der Waals surface area contributed by atoms with Crippen molar-refractivity contribution in [2.24, 2.45) is 5.10 Å². The Labute approximate surface area is 194 Å². The molecule has 8 heteroatoms. The summed E-state index contributed by atoms with van der Waals surface area (Å²) in [7, 11) is -4.01. The SMILES string of the molecule is CCOc1ccc(S(=O)(=O)N(CC(=O)N/N=C\c2ccc(C)cc2)c2ccc(C)cc2)cc1. The second-order valence-corrected chi connectivity index (χ2v) is 9.32. The van der Waals surface area contributed by atoms with E-state index in [1.807, 2.05) is 45.0 Å². The minimum absolute atomic E-state index is 0.0579. The van der Waals surface area contributed by atoms with E-state index in [2.05, 4.69) is 10.5 Å². The van der Waals surface area contributed by atoms with Gasteiger partial charge in [0.2, 0.25) is 0 Å².